The lowest BCUT2D eigenvalue weighted by Gasteiger charge is -2.60. The number of carboxylic acid groups (broad SMARTS) is 2. The van der Waals surface area contributed by atoms with Crippen LogP contribution in [0.1, 0.15) is 126 Å². The number of benzene rings is 2. The van der Waals surface area contributed by atoms with Crippen molar-refractivity contribution in [3.05, 3.63) is 60.7 Å². The minimum absolute atomic E-state index is 0.126. The van der Waals surface area contributed by atoms with Crippen LogP contribution >= 0.6 is 0 Å². The quantitative estimate of drug-likeness (QED) is 0.129. The van der Waals surface area contributed by atoms with Gasteiger partial charge in [-0.3, -0.25) is 20.2 Å². The standard InChI is InChI=1S/C42H62N4O8/c1-38(2)26-30(27-39(3,4)45(38)53-36(51)43-32-20-14-12-15-21-32)42(35(49)50,25-19-11-9-10-18-24-34(47)48)31-28-40(5,6)46(41(7,8)29-31)54-37(52)44-33-22-16-13-17-23-33/h12-17,20-23,30-31H,9-11,18-19,24-29H2,1-8H3,(H,43,51)(H,44,52)(H,47,48)(H,49,50). The molecule has 2 saturated heterocycles. The van der Waals surface area contributed by atoms with Crippen LogP contribution in [0.25, 0.3) is 0 Å². The summed E-state index contributed by atoms with van der Waals surface area (Å²) in [6, 6.07) is 18.2. The number of para-hydroxylation sites is 2. The molecule has 0 atom stereocenters. The molecule has 0 radical (unpaired) electrons. The Morgan fingerprint density at radius 2 is 0.963 bits per heavy atom. The van der Waals surface area contributed by atoms with E-state index in [0.717, 1.165) is 19.3 Å². The van der Waals surface area contributed by atoms with Gasteiger partial charge in [0.1, 0.15) is 0 Å². The molecule has 0 aliphatic carbocycles. The van der Waals surface area contributed by atoms with Gasteiger partial charge < -0.3 is 19.9 Å². The number of hydrogen-bond acceptors (Lipinski definition) is 8. The van der Waals surface area contributed by atoms with Crippen molar-refractivity contribution in [2.24, 2.45) is 17.3 Å². The molecule has 4 rings (SSSR count). The summed E-state index contributed by atoms with van der Waals surface area (Å²) in [4.78, 5) is 63.6. The molecule has 12 heteroatoms. The van der Waals surface area contributed by atoms with E-state index in [1.54, 1.807) is 34.4 Å². The van der Waals surface area contributed by atoms with Gasteiger partial charge in [-0.15, -0.1) is 10.1 Å². The molecule has 2 fully saturated rings. The molecule has 54 heavy (non-hydrogen) atoms. The first kappa shape index (κ1) is 42.6. The summed E-state index contributed by atoms with van der Waals surface area (Å²) < 4.78 is 0. The van der Waals surface area contributed by atoms with Crippen molar-refractivity contribution in [1.82, 2.24) is 10.1 Å². The molecule has 0 spiro atoms. The molecule has 2 aliphatic heterocycles. The number of carbonyl (C=O) groups is 4. The molecule has 0 bridgehead atoms. The van der Waals surface area contributed by atoms with Gasteiger partial charge in [0.25, 0.3) is 0 Å². The van der Waals surface area contributed by atoms with Crippen LogP contribution in [0.4, 0.5) is 21.0 Å². The number of rotatable bonds is 15. The number of nitrogens with zero attached hydrogens (tertiary/aromatic N) is 2. The highest BCUT2D eigenvalue weighted by molar-refractivity contribution is 5.85. The number of aliphatic carboxylic acids is 2. The fourth-order valence-electron chi connectivity index (χ4n) is 9.66. The van der Waals surface area contributed by atoms with Crippen LogP contribution < -0.4 is 10.6 Å². The van der Waals surface area contributed by atoms with Crippen LogP contribution in [0.3, 0.4) is 0 Å². The van der Waals surface area contributed by atoms with Gasteiger partial charge in [-0.25, -0.2) is 9.59 Å². The van der Waals surface area contributed by atoms with E-state index in [4.69, 9.17) is 14.8 Å². The Morgan fingerprint density at radius 3 is 1.31 bits per heavy atom. The molecule has 2 amide bonds. The molecule has 2 aromatic carbocycles. The van der Waals surface area contributed by atoms with E-state index in [1.807, 2.05) is 91.8 Å². The van der Waals surface area contributed by atoms with E-state index in [9.17, 15) is 24.3 Å². The number of carbonyl (C=O) groups excluding carboxylic acids is 2. The van der Waals surface area contributed by atoms with Gasteiger partial charge >= 0.3 is 24.1 Å². The topological polar surface area (TPSA) is 158 Å². The maximum absolute atomic E-state index is 14.1. The Bertz CT molecular complexity index is 1460. The van der Waals surface area contributed by atoms with Crippen LogP contribution in [-0.2, 0) is 19.3 Å². The van der Waals surface area contributed by atoms with Crippen molar-refractivity contribution in [1.29, 1.82) is 0 Å². The molecule has 2 aliphatic rings. The van der Waals surface area contributed by atoms with Crippen molar-refractivity contribution in [2.75, 3.05) is 10.6 Å². The monoisotopic (exact) mass is 750 g/mol. The van der Waals surface area contributed by atoms with Gasteiger partial charge in [-0.1, -0.05) is 62.1 Å². The van der Waals surface area contributed by atoms with E-state index < -0.39 is 51.7 Å². The zero-order valence-corrected chi connectivity index (χ0v) is 33.4. The molecule has 0 aromatic heterocycles. The Labute approximate surface area is 320 Å². The summed E-state index contributed by atoms with van der Waals surface area (Å²) in [6.45, 7) is 16.0. The third-order valence-electron chi connectivity index (χ3n) is 11.4. The third-order valence-corrected chi connectivity index (χ3v) is 11.4. The summed E-state index contributed by atoms with van der Waals surface area (Å²) in [5, 5.41) is 29.7. The number of carboxylic acids is 2. The highest BCUT2D eigenvalue weighted by Gasteiger charge is 2.62. The lowest BCUT2D eigenvalue weighted by Crippen LogP contribution is -2.67. The number of hydroxylamine groups is 4. The Morgan fingerprint density at radius 1 is 0.611 bits per heavy atom. The Hall–Kier alpha value is -4.16. The molecule has 12 nitrogen and oxygen atoms in total. The number of piperidine rings is 2. The zero-order chi connectivity index (χ0) is 40.0. The van der Waals surface area contributed by atoms with Crippen molar-refractivity contribution >= 4 is 35.5 Å². The SMILES string of the molecule is CC1(C)CC(C(CCCCCCCC(=O)O)(C(=O)O)C2CC(C)(C)N(OC(=O)Nc3ccccc3)C(C)(C)C2)CC(C)(C)N1OC(=O)Nc1ccccc1. The second-order valence-corrected chi connectivity index (χ2v) is 17.8. The number of amides is 2. The number of nitrogens with one attached hydrogen (secondary N) is 2. The number of hydrogen-bond donors (Lipinski definition) is 4. The van der Waals surface area contributed by atoms with E-state index >= 15 is 0 Å². The molecule has 2 heterocycles. The average Bonchev–Trinajstić information content (AvgIpc) is 3.06. The first-order chi connectivity index (χ1) is 25.2. The summed E-state index contributed by atoms with van der Waals surface area (Å²) in [5.74, 6) is -2.21. The van der Waals surface area contributed by atoms with Crippen molar-refractivity contribution in [2.45, 2.75) is 148 Å². The van der Waals surface area contributed by atoms with E-state index in [-0.39, 0.29) is 18.3 Å². The van der Waals surface area contributed by atoms with E-state index in [0.29, 0.717) is 56.3 Å². The lowest BCUT2D eigenvalue weighted by atomic mass is 9.52. The average molecular weight is 751 g/mol. The largest absolute Gasteiger partial charge is 0.481 e. The van der Waals surface area contributed by atoms with Crippen LogP contribution in [0.5, 0.6) is 0 Å². The van der Waals surface area contributed by atoms with Gasteiger partial charge in [0.15, 0.2) is 0 Å². The third kappa shape index (κ3) is 10.3. The molecular weight excluding hydrogens is 688 g/mol. The van der Waals surface area contributed by atoms with Crippen LogP contribution in [-0.4, -0.2) is 66.6 Å². The van der Waals surface area contributed by atoms with Crippen molar-refractivity contribution in [3.8, 4) is 0 Å². The van der Waals surface area contributed by atoms with Gasteiger partial charge in [-0.2, -0.15) is 0 Å². The predicted octanol–water partition coefficient (Wildman–Crippen LogP) is 9.74. The molecule has 298 valence electrons. The molecule has 2 aromatic rings. The second kappa shape index (κ2) is 17.1. The fourth-order valence-corrected chi connectivity index (χ4v) is 9.66. The number of unbranched alkanes of at least 4 members (excludes halogenated alkanes) is 4. The van der Waals surface area contributed by atoms with Crippen LogP contribution in [0, 0.1) is 17.3 Å². The van der Waals surface area contributed by atoms with Crippen molar-refractivity contribution in [3.63, 3.8) is 0 Å². The minimum Gasteiger partial charge on any atom is -0.481 e. The summed E-state index contributed by atoms with van der Waals surface area (Å²) >= 11 is 0. The highest BCUT2D eigenvalue weighted by Crippen LogP contribution is 2.58. The van der Waals surface area contributed by atoms with Crippen molar-refractivity contribution < 1.29 is 39.1 Å². The van der Waals surface area contributed by atoms with Gasteiger partial charge in [-0.05, 0) is 130 Å². The smallest absolute Gasteiger partial charge is 0.430 e. The molecule has 4 N–H and O–H groups in total. The van der Waals surface area contributed by atoms with Crippen LogP contribution in [0.15, 0.2) is 60.7 Å². The normalized spacial score (nSPS) is 20.1. The first-order valence-corrected chi connectivity index (χ1v) is 19.3. The molecule has 0 unspecified atom stereocenters. The number of anilines is 2. The zero-order valence-electron chi connectivity index (χ0n) is 33.4. The molecule has 0 saturated carbocycles. The summed E-state index contributed by atoms with van der Waals surface area (Å²) in [7, 11) is 0. The van der Waals surface area contributed by atoms with Crippen LogP contribution in [0.2, 0.25) is 0 Å². The minimum atomic E-state index is -1.15. The summed E-state index contributed by atoms with van der Waals surface area (Å²) in [6.07, 6.45) is 4.88. The van der Waals surface area contributed by atoms with Gasteiger partial charge in [0, 0.05) is 17.8 Å². The van der Waals surface area contributed by atoms with Gasteiger partial charge in [0.05, 0.1) is 27.6 Å². The summed E-state index contributed by atoms with van der Waals surface area (Å²) in [5.41, 5.74) is -2.81. The van der Waals surface area contributed by atoms with E-state index in [1.165, 1.54) is 0 Å². The maximum Gasteiger partial charge on any atom is 0.430 e. The first-order valence-electron chi connectivity index (χ1n) is 19.3. The fraction of sp³-hybridized carbons (Fsp3) is 0.619. The molecular formula is C42H62N4O8. The predicted molar refractivity (Wildman–Crippen MR) is 209 cm³/mol. The maximum atomic E-state index is 14.1. The Kier molecular flexibility index (Phi) is 13.5. The van der Waals surface area contributed by atoms with E-state index in [2.05, 4.69) is 10.6 Å². The second-order valence-electron chi connectivity index (χ2n) is 17.8. The lowest BCUT2D eigenvalue weighted by molar-refractivity contribution is -0.271. The Balaban J connectivity index is 1.63. The highest BCUT2D eigenvalue weighted by atomic mass is 16.7. The van der Waals surface area contributed by atoms with Gasteiger partial charge in [0.2, 0.25) is 0 Å².